The number of nitrogens with two attached hydrogens (primary N) is 1. The first kappa shape index (κ1) is 16.1. The number of nitrogens with zero attached hydrogens (tertiary/aromatic N) is 2. The standard InChI is InChI=1S/C18H16ClN3O2/c1-23-13-9-5-6-10-14(13)24-16-17(19)21-15(22-18(16)20)11-12-7-3-2-4-8-12/h2-10H,11H2,1H3,(H2,20,21,22). The van der Waals surface area contributed by atoms with Crippen LogP contribution in [0, 0.1) is 0 Å². The maximum absolute atomic E-state index is 6.25. The molecule has 1 aromatic heterocycles. The molecule has 0 aliphatic heterocycles. The number of ether oxygens (including phenoxy) is 2. The molecule has 0 aliphatic rings. The normalized spacial score (nSPS) is 10.4. The summed E-state index contributed by atoms with van der Waals surface area (Å²) >= 11 is 6.25. The van der Waals surface area contributed by atoms with Gasteiger partial charge in [-0.1, -0.05) is 54.1 Å². The third-order valence-corrected chi connectivity index (χ3v) is 3.64. The molecule has 0 fully saturated rings. The van der Waals surface area contributed by atoms with Crippen molar-refractivity contribution in [1.82, 2.24) is 9.97 Å². The van der Waals surface area contributed by atoms with E-state index in [1.54, 1.807) is 19.2 Å². The van der Waals surface area contributed by atoms with Crippen molar-refractivity contribution in [2.24, 2.45) is 0 Å². The number of halogens is 1. The van der Waals surface area contributed by atoms with Crippen molar-refractivity contribution in [2.45, 2.75) is 6.42 Å². The van der Waals surface area contributed by atoms with Gasteiger partial charge in [-0.25, -0.2) is 9.97 Å². The SMILES string of the molecule is COc1ccccc1Oc1c(N)nc(Cc2ccccc2)nc1Cl. The van der Waals surface area contributed by atoms with Crippen LogP contribution in [0.3, 0.4) is 0 Å². The highest BCUT2D eigenvalue weighted by atomic mass is 35.5. The number of para-hydroxylation sites is 2. The van der Waals surface area contributed by atoms with Gasteiger partial charge in [-0.05, 0) is 17.7 Å². The summed E-state index contributed by atoms with van der Waals surface area (Å²) in [6.45, 7) is 0. The molecular formula is C18H16ClN3O2. The summed E-state index contributed by atoms with van der Waals surface area (Å²) in [6, 6.07) is 17.1. The number of hydrogen-bond acceptors (Lipinski definition) is 5. The van der Waals surface area contributed by atoms with Gasteiger partial charge in [-0.15, -0.1) is 0 Å². The van der Waals surface area contributed by atoms with Crippen molar-refractivity contribution in [3.8, 4) is 17.2 Å². The smallest absolute Gasteiger partial charge is 0.206 e. The second-order valence-corrected chi connectivity index (χ2v) is 5.42. The van der Waals surface area contributed by atoms with E-state index < -0.39 is 0 Å². The molecule has 3 aromatic rings. The van der Waals surface area contributed by atoms with Gasteiger partial charge in [0.05, 0.1) is 7.11 Å². The number of aromatic nitrogens is 2. The quantitative estimate of drug-likeness (QED) is 0.707. The first-order chi connectivity index (χ1) is 11.7. The van der Waals surface area contributed by atoms with E-state index in [-0.39, 0.29) is 16.7 Å². The van der Waals surface area contributed by atoms with E-state index >= 15 is 0 Å². The molecule has 0 bridgehead atoms. The Balaban J connectivity index is 1.87. The lowest BCUT2D eigenvalue weighted by Crippen LogP contribution is -2.04. The first-order valence-corrected chi connectivity index (χ1v) is 7.72. The van der Waals surface area contributed by atoms with Crippen LogP contribution >= 0.6 is 11.6 Å². The molecule has 0 saturated heterocycles. The maximum atomic E-state index is 6.25. The largest absolute Gasteiger partial charge is 0.493 e. The van der Waals surface area contributed by atoms with E-state index in [0.717, 1.165) is 5.56 Å². The molecule has 6 heteroatoms. The van der Waals surface area contributed by atoms with Gasteiger partial charge in [0, 0.05) is 6.42 Å². The van der Waals surface area contributed by atoms with Gasteiger partial charge < -0.3 is 15.2 Å². The number of rotatable bonds is 5. The summed E-state index contributed by atoms with van der Waals surface area (Å²) in [7, 11) is 1.56. The Hall–Kier alpha value is -2.79. The van der Waals surface area contributed by atoms with Gasteiger partial charge in [-0.2, -0.15) is 0 Å². The van der Waals surface area contributed by atoms with E-state index in [1.807, 2.05) is 42.5 Å². The number of hydrogen-bond donors (Lipinski definition) is 1. The average Bonchev–Trinajstić information content (AvgIpc) is 2.59. The highest BCUT2D eigenvalue weighted by Crippen LogP contribution is 2.36. The second kappa shape index (κ2) is 7.19. The lowest BCUT2D eigenvalue weighted by Gasteiger charge is -2.13. The minimum Gasteiger partial charge on any atom is -0.493 e. The van der Waals surface area contributed by atoms with Crippen LogP contribution in [0.5, 0.6) is 17.2 Å². The second-order valence-electron chi connectivity index (χ2n) is 5.06. The molecule has 1 heterocycles. The number of nitrogen functional groups attached to an aromatic ring is 1. The van der Waals surface area contributed by atoms with Crippen molar-refractivity contribution in [2.75, 3.05) is 12.8 Å². The highest BCUT2D eigenvalue weighted by molar-refractivity contribution is 6.31. The van der Waals surface area contributed by atoms with E-state index in [4.69, 9.17) is 26.8 Å². The molecule has 2 N–H and O–H groups in total. The van der Waals surface area contributed by atoms with E-state index in [2.05, 4.69) is 9.97 Å². The fraction of sp³-hybridized carbons (Fsp3) is 0.111. The van der Waals surface area contributed by atoms with Crippen LogP contribution in [0.1, 0.15) is 11.4 Å². The van der Waals surface area contributed by atoms with Gasteiger partial charge in [0.2, 0.25) is 5.75 Å². The number of anilines is 1. The number of benzene rings is 2. The molecule has 122 valence electrons. The predicted octanol–water partition coefficient (Wildman–Crippen LogP) is 4.10. The fourth-order valence-electron chi connectivity index (χ4n) is 2.25. The molecule has 0 atom stereocenters. The maximum Gasteiger partial charge on any atom is 0.206 e. The molecule has 0 radical (unpaired) electrons. The van der Waals surface area contributed by atoms with Crippen molar-refractivity contribution in [3.05, 3.63) is 71.1 Å². The van der Waals surface area contributed by atoms with Crippen molar-refractivity contribution in [3.63, 3.8) is 0 Å². The van der Waals surface area contributed by atoms with Gasteiger partial charge in [0.1, 0.15) is 5.82 Å². The highest BCUT2D eigenvalue weighted by Gasteiger charge is 2.15. The van der Waals surface area contributed by atoms with Crippen molar-refractivity contribution >= 4 is 17.4 Å². The summed E-state index contributed by atoms with van der Waals surface area (Å²) in [6.07, 6.45) is 0.541. The zero-order valence-corrected chi connectivity index (χ0v) is 13.8. The fourth-order valence-corrected chi connectivity index (χ4v) is 2.48. The first-order valence-electron chi connectivity index (χ1n) is 7.34. The average molecular weight is 342 g/mol. The van der Waals surface area contributed by atoms with Crippen LogP contribution in [0.25, 0.3) is 0 Å². The monoisotopic (exact) mass is 341 g/mol. The van der Waals surface area contributed by atoms with E-state index in [1.165, 1.54) is 0 Å². The third-order valence-electron chi connectivity index (χ3n) is 3.38. The van der Waals surface area contributed by atoms with Crippen LogP contribution in [-0.2, 0) is 6.42 Å². The molecule has 5 nitrogen and oxygen atoms in total. The van der Waals surface area contributed by atoms with Crippen LogP contribution in [0.2, 0.25) is 5.15 Å². The Morgan fingerprint density at radius 1 is 0.958 bits per heavy atom. The van der Waals surface area contributed by atoms with Crippen molar-refractivity contribution < 1.29 is 9.47 Å². The van der Waals surface area contributed by atoms with Crippen LogP contribution in [-0.4, -0.2) is 17.1 Å². The Bertz CT molecular complexity index is 818. The Morgan fingerprint density at radius 2 is 1.62 bits per heavy atom. The lowest BCUT2D eigenvalue weighted by atomic mass is 10.1. The van der Waals surface area contributed by atoms with Crippen LogP contribution in [0.4, 0.5) is 5.82 Å². The number of methoxy groups -OCH3 is 1. The van der Waals surface area contributed by atoms with Crippen LogP contribution < -0.4 is 15.2 Å². The Kier molecular flexibility index (Phi) is 4.82. The third kappa shape index (κ3) is 3.58. The summed E-state index contributed by atoms with van der Waals surface area (Å²) in [5.41, 5.74) is 7.09. The van der Waals surface area contributed by atoms with Gasteiger partial charge in [0.25, 0.3) is 0 Å². The van der Waals surface area contributed by atoms with E-state index in [9.17, 15) is 0 Å². The van der Waals surface area contributed by atoms with E-state index in [0.29, 0.717) is 23.7 Å². The molecule has 0 aliphatic carbocycles. The predicted molar refractivity (Wildman–Crippen MR) is 93.8 cm³/mol. The molecule has 0 amide bonds. The summed E-state index contributed by atoms with van der Waals surface area (Å²) in [5, 5.41) is 0.166. The minimum absolute atomic E-state index is 0.166. The van der Waals surface area contributed by atoms with Gasteiger partial charge in [0.15, 0.2) is 22.5 Å². The Labute approximate surface area is 145 Å². The summed E-state index contributed by atoms with van der Waals surface area (Å²) in [5.74, 6) is 2.01. The zero-order chi connectivity index (χ0) is 16.9. The summed E-state index contributed by atoms with van der Waals surface area (Å²) in [4.78, 5) is 8.59. The summed E-state index contributed by atoms with van der Waals surface area (Å²) < 4.78 is 11.0. The minimum atomic E-state index is 0.166. The molecule has 3 rings (SSSR count). The van der Waals surface area contributed by atoms with Gasteiger partial charge >= 0.3 is 0 Å². The van der Waals surface area contributed by atoms with Gasteiger partial charge in [-0.3, -0.25) is 0 Å². The van der Waals surface area contributed by atoms with Crippen LogP contribution in [0.15, 0.2) is 54.6 Å². The van der Waals surface area contributed by atoms with Crippen molar-refractivity contribution in [1.29, 1.82) is 0 Å². The molecule has 2 aromatic carbocycles. The topological polar surface area (TPSA) is 70.3 Å². The lowest BCUT2D eigenvalue weighted by molar-refractivity contribution is 0.378. The molecule has 0 spiro atoms. The molecule has 0 unspecified atom stereocenters. The zero-order valence-electron chi connectivity index (χ0n) is 13.1. The molecule has 24 heavy (non-hydrogen) atoms. The molecular weight excluding hydrogens is 326 g/mol. The molecule has 0 saturated carbocycles. The Morgan fingerprint density at radius 3 is 2.29 bits per heavy atom.